The molecule has 1 aromatic carbocycles. The number of carbonyl (C=O) groups excluding carboxylic acids is 1. The summed E-state index contributed by atoms with van der Waals surface area (Å²) in [6, 6.07) is 9.66. The van der Waals surface area contributed by atoms with Crippen LogP contribution < -0.4 is 19.7 Å². The van der Waals surface area contributed by atoms with E-state index in [0.717, 1.165) is 46.7 Å². The van der Waals surface area contributed by atoms with Crippen LogP contribution in [0.5, 0.6) is 11.5 Å². The highest BCUT2D eigenvalue weighted by Gasteiger charge is 2.29. The van der Waals surface area contributed by atoms with E-state index in [9.17, 15) is 4.79 Å². The van der Waals surface area contributed by atoms with Crippen molar-refractivity contribution in [1.82, 2.24) is 20.1 Å². The van der Waals surface area contributed by atoms with Crippen LogP contribution in [0.15, 0.2) is 42.7 Å². The first-order valence-corrected chi connectivity index (χ1v) is 11.4. The summed E-state index contributed by atoms with van der Waals surface area (Å²) in [5.41, 5.74) is 1.01. The number of hydrogen-bond donors (Lipinski definition) is 1. The molecule has 0 bridgehead atoms. The zero-order chi connectivity index (χ0) is 21.2. The molecule has 2 unspecified atom stereocenters. The van der Waals surface area contributed by atoms with Crippen LogP contribution in [0, 0.1) is 5.92 Å². The molecule has 31 heavy (non-hydrogen) atoms. The number of benzene rings is 1. The molecule has 3 aromatic rings. The van der Waals surface area contributed by atoms with Gasteiger partial charge in [0.15, 0.2) is 11.5 Å². The zero-order valence-corrected chi connectivity index (χ0v) is 18.2. The summed E-state index contributed by atoms with van der Waals surface area (Å²) in [4.78, 5) is 15.2. The van der Waals surface area contributed by atoms with Crippen LogP contribution >= 0.6 is 11.3 Å². The summed E-state index contributed by atoms with van der Waals surface area (Å²) < 4.78 is 13.2. The van der Waals surface area contributed by atoms with Crippen LogP contribution in [-0.2, 0) is 4.79 Å². The smallest absolute Gasteiger partial charge is 0.225 e. The number of carbonyl (C=O) groups is 1. The van der Waals surface area contributed by atoms with Crippen LogP contribution in [0.1, 0.15) is 31.4 Å². The molecule has 162 valence electrons. The van der Waals surface area contributed by atoms with E-state index < -0.39 is 0 Å². The molecular formula is C22H25N5O3S. The average molecular weight is 440 g/mol. The minimum Gasteiger partial charge on any atom is -0.486 e. The standard InChI is InChI=1S/C22H25N5O3S/c1-15(16-6-7-18-19(13-16)30-12-11-29-18)23-20(28)17-5-4-10-27(14-17)22-25-24-21(31-22)26-8-2-3-9-26/h2-3,6-9,13,15,17H,4-5,10-12,14H2,1H3,(H,23,28). The second kappa shape index (κ2) is 8.58. The van der Waals surface area contributed by atoms with E-state index in [4.69, 9.17) is 9.47 Å². The molecule has 0 saturated carbocycles. The van der Waals surface area contributed by atoms with Gasteiger partial charge in [0.2, 0.25) is 16.2 Å². The van der Waals surface area contributed by atoms with Crippen molar-refractivity contribution in [2.75, 3.05) is 31.2 Å². The third-order valence-corrected chi connectivity index (χ3v) is 6.71. The van der Waals surface area contributed by atoms with Gasteiger partial charge in [-0.25, -0.2) is 0 Å². The van der Waals surface area contributed by atoms with Gasteiger partial charge in [-0.1, -0.05) is 17.4 Å². The molecule has 1 amide bonds. The average Bonchev–Trinajstić information content (AvgIpc) is 3.51. The number of piperidine rings is 1. The van der Waals surface area contributed by atoms with E-state index in [0.29, 0.717) is 19.8 Å². The van der Waals surface area contributed by atoms with E-state index in [1.165, 1.54) is 0 Å². The van der Waals surface area contributed by atoms with E-state index in [1.54, 1.807) is 11.3 Å². The summed E-state index contributed by atoms with van der Waals surface area (Å²) in [6.45, 7) is 4.66. The number of ether oxygens (including phenoxy) is 2. The first kappa shape index (κ1) is 19.9. The number of rotatable bonds is 5. The van der Waals surface area contributed by atoms with Crippen molar-refractivity contribution in [2.45, 2.75) is 25.8 Å². The van der Waals surface area contributed by atoms with E-state index in [1.807, 2.05) is 54.2 Å². The van der Waals surface area contributed by atoms with Gasteiger partial charge in [-0.15, -0.1) is 10.2 Å². The lowest BCUT2D eigenvalue weighted by Gasteiger charge is -2.32. The minimum absolute atomic E-state index is 0.0715. The third-order valence-electron chi connectivity index (χ3n) is 5.72. The Hall–Kier alpha value is -3.07. The molecule has 4 heterocycles. The molecule has 0 spiro atoms. The Balaban J connectivity index is 1.22. The topological polar surface area (TPSA) is 81.5 Å². The van der Waals surface area contributed by atoms with Gasteiger partial charge < -0.3 is 19.7 Å². The largest absolute Gasteiger partial charge is 0.486 e. The van der Waals surface area contributed by atoms with Crippen molar-refractivity contribution in [3.05, 3.63) is 48.3 Å². The lowest BCUT2D eigenvalue weighted by molar-refractivity contribution is -0.125. The molecule has 2 aromatic heterocycles. The number of aromatic nitrogens is 3. The third kappa shape index (κ3) is 4.23. The van der Waals surface area contributed by atoms with Crippen molar-refractivity contribution in [3.63, 3.8) is 0 Å². The molecule has 1 N–H and O–H groups in total. The maximum Gasteiger partial charge on any atom is 0.225 e. The molecule has 0 aliphatic carbocycles. The number of nitrogens with zero attached hydrogens (tertiary/aromatic N) is 4. The van der Waals surface area contributed by atoms with Gasteiger partial charge in [0.05, 0.1) is 12.0 Å². The van der Waals surface area contributed by atoms with Gasteiger partial charge in [-0.3, -0.25) is 9.36 Å². The zero-order valence-electron chi connectivity index (χ0n) is 17.4. The summed E-state index contributed by atoms with van der Waals surface area (Å²) in [6.07, 6.45) is 5.74. The van der Waals surface area contributed by atoms with E-state index in [2.05, 4.69) is 20.4 Å². The van der Waals surface area contributed by atoms with Gasteiger partial charge in [0.25, 0.3) is 0 Å². The number of hydrogen-bond acceptors (Lipinski definition) is 7. The number of fused-ring (bicyclic) bond motifs is 1. The van der Waals surface area contributed by atoms with Gasteiger partial charge >= 0.3 is 0 Å². The Morgan fingerprint density at radius 2 is 1.94 bits per heavy atom. The predicted octanol–water partition coefficient (Wildman–Crippen LogP) is 3.19. The first-order valence-electron chi connectivity index (χ1n) is 10.6. The SMILES string of the molecule is CC(NC(=O)C1CCCN(c2nnc(-n3cccc3)s2)C1)c1ccc2c(c1)OCCO2. The quantitative estimate of drug-likeness (QED) is 0.658. The number of anilines is 1. The summed E-state index contributed by atoms with van der Waals surface area (Å²) >= 11 is 1.54. The fourth-order valence-corrected chi connectivity index (χ4v) is 4.86. The maximum atomic E-state index is 13.0. The summed E-state index contributed by atoms with van der Waals surface area (Å²) in [5, 5.41) is 13.5. The number of amides is 1. The van der Waals surface area contributed by atoms with E-state index >= 15 is 0 Å². The van der Waals surface area contributed by atoms with Crippen molar-refractivity contribution < 1.29 is 14.3 Å². The van der Waals surface area contributed by atoms with Crippen molar-refractivity contribution in [3.8, 4) is 16.6 Å². The monoisotopic (exact) mass is 439 g/mol. The lowest BCUT2D eigenvalue weighted by Crippen LogP contribution is -2.43. The number of nitrogens with one attached hydrogen (secondary N) is 1. The van der Waals surface area contributed by atoms with Crippen molar-refractivity contribution in [1.29, 1.82) is 0 Å². The molecular weight excluding hydrogens is 414 g/mol. The van der Waals surface area contributed by atoms with Crippen LogP contribution in [0.3, 0.4) is 0 Å². The fraction of sp³-hybridized carbons (Fsp3) is 0.409. The van der Waals surface area contributed by atoms with Crippen LogP contribution in [0.25, 0.3) is 5.13 Å². The van der Waals surface area contributed by atoms with Crippen molar-refractivity contribution in [2.24, 2.45) is 5.92 Å². The first-order chi connectivity index (χ1) is 15.2. The fourth-order valence-electron chi connectivity index (χ4n) is 4.01. The van der Waals surface area contributed by atoms with Gasteiger partial charge in [-0.05, 0) is 49.6 Å². The molecule has 1 saturated heterocycles. The van der Waals surface area contributed by atoms with Crippen LogP contribution in [0.2, 0.25) is 0 Å². The lowest BCUT2D eigenvalue weighted by atomic mass is 9.96. The Labute approximate surface area is 184 Å². The minimum atomic E-state index is -0.111. The molecule has 2 aliphatic heterocycles. The molecule has 2 aliphatic rings. The predicted molar refractivity (Wildman–Crippen MR) is 118 cm³/mol. The summed E-state index contributed by atoms with van der Waals surface area (Å²) in [7, 11) is 0. The van der Waals surface area contributed by atoms with Gasteiger partial charge in [-0.2, -0.15) is 0 Å². The van der Waals surface area contributed by atoms with Gasteiger partial charge in [0, 0.05) is 25.5 Å². The second-order valence-corrected chi connectivity index (χ2v) is 8.81. The Kier molecular flexibility index (Phi) is 5.50. The Bertz CT molecular complexity index is 1050. The Morgan fingerprint density at radius 1 is 1.16 bits per heavy atom. The molecule has 5 rings (SSSR count). The maximum absolute atomic E-state index is 13.0. The van der Waals surface area contributed by atoms with Crippen LogP contribution in [-0.4, -0.2) is 47.0 Å². The highest BCUT2D eigenvalue weighted by Crippen LogP contribution is 2.33. The molecule has 1 fully saturated rings. The van der Waals surface area contributed by atoms with E-state index in [-0.39, 0.29) is 17.9 Å². The van der Waals surface area contributed by atoms with Gasteiger partial charge in [0.1, 0.15) is 13.2 Å². The van der Waals surface area contributed by atoms with Crippen LogP contribution in [0.4, 0.5) is 5.13 Å². The summed E-state index contributed by atoms with van der Waals surface area (Å²) in [5.74, 6) is 1.49. The highest BCUT2D eigenvalue weighted by molar-refractivity contribution is 7.17. The molecule has 0 radical (unpaired) electrons. The second-order valence-electron chi connectivity index (χ2n) is 7.88. The highest BCUT2D eigenvalue weighted by atomic mass is 32.1. The Morgan fingerprint density at radius 3 is 2.77 bits per heavy atom. The van der Waals surface area contributed by atoms with Crippen molar-refractivity contribution >= 4 is 22.4 Å². The normalized spacial score (nSPS) is 19.1. The molecule has 2 atom stereocenters. The molecule has 9 heteroatoms. The molecule has 8 nitrogen and oxygen atoms in total.